The molecular formula is C19H32O4. The van der Waals surface area contributed by atoms with Crippen molar-refractivity contribution in [2.45, 2.75) is 84.0 Å². The molecule has 0 radical (unpaired) electrons. The van der Waals surface area contributed by atoms with Crippen molar-refractivity contribution in [3.8, 4) is 0 Å². The molecule has 132 valence electrons. The molecule has 0 spiro atoms. The zero-order valence-corrected chi connectivity index (χ0v) is 14.8. The molecule has 4 heteroatoms. The molecule has 0 aromatic rings. The van der Waals surface area contributed by atoms with Crippen molar-refractivity contribution < 1.29 is 19.1 Å². The average molecular weight is 324 g/mol. The lowest BCUT2D eigenvalue weighted by molar-refractivity contribution is -0.140. The second kappa shape index (κ2) is 11.4. The zero-order chi connectivity index (χ0) is 17.1. The fourth-order valence-electron chi connectivity index (χ4n) is 3.50. The molecule has 2 unspecified atom stereocenters. The first-order valence-electron chi connectivity index (χ1n) is 9.19. The Kier molecular flexibility index (Phi) is 9.81. The van der Waals surface area contributed by atoms with Gasteiger partial charge >= 0.3 is 5.97 Å². The van der Waals surface area contributed by atoms with Gasteiger partial charge in [-0.25, -0.2) is 0 Å². The summed E-state index contributed by atoms with van der Waals surface area (Å²) in [5.74, 6) is 0.998. The van der Waals surface area contributed by atoms with E-state index in [0.29, 0.717) is 43.2 Å². The van der Waals surface area contributed by atoms with Crippen LogP contribution in [0.15, 0.2) is 0 Å². The normalized spacial score (nSPS) is 20.7. The summed E-state index contributed by atoms with van der Waals surface area (Å²) in [5, 5.41) is 0. The van der Waals surface area contributed by atoms with E-state index in [1.54, 1.807) is 0 Å². The highest BCUT2D eigenvalue weighted by molar-refractivity contribution is 5.83. The molecule has 1 rings (SSSR count). The first-order chi connectivity index (χ1) is 11.1. The Morgan fingerprint density at radius 1 is 1.04 bits per heavy atom. The quantitative estimate of drug-likeness (QED) is 0.398. The first-order valence-corrected chi connectivity index (χ1v) is 9.19. The third-order valence-electron chi connectivity index (χ3n) is 4.97. The molecule has 1 aliphatic rings. The predicted octanol–water partition coefficient (Wildman–Crippen LogP) is 4.24. The van der Waals surface area contributed by atoms with Crippen molar-refractivity contribution in [3.05, 3.63) is 0 Å². The molecule has 1 fully saturated rings. The van der Waals surface area contributed by atoms with Gasteiger partial charge in [-0.1, -0.05) is 26.2 Å². The lowest BCUT2D eigenvalue weighted by atomic mass is 9.86. The maximum atomic E-state index is 12.0. The molecule has 23 heavy (non-hydrogen) atoms. The van der Waals surface area contributed by atoms with E-state index in [1.807, 2.05) is 0 Å². The fourth-order valence-corrected chi connectivity index (χ4v) is 3.50. The number of hydrogen-bond donors (Lipinski definition) is 0. The molecule has 0 aromatic carbocycles. The van der Waals surface area contributed by atoms with E-state index >= 15 is 0 Å². The van der Waals surface area contributed by atoms with Crippen molar-refractivity contribution in [1.82, 2.24) is 0 Å². The van der Waals surface area contributed by atoms with Crippen LogP contribution < -0.4 is 0 Å². The van der Waals surface area contributed by atoms with Crippen molar-refractivity contribution in [2.75, 3.05) is 7.11 Å². The Labute approximate surface area is 140 Å². The van der Waals surface area contributed by atoms with Gasteiger partial charge < -0.3 is 4.74 Å². The summed E-state index contributed by atoms with van der Waals surface area (Å²) in [6, 6.07) is 0. The Balaban J connectivity index is 2.26. The number of ether oxygens (including phenoxy) is 1. The number of methoxy groups -OCH3 is 1. The molecule has 2 atom stereocenters. The van der Waals surface area contributed by atoms with Crippen LogP contribution in [0.4, 0.5) is 0 Å². The SMILES string of the molecule is CCCCCC(=O)CCC1CCC(=O)C1CCCCC(=O)OC. The lowest BCUT2D eigenvalue weighted by Crippen LogP contribution is -2.16. The Morgan fingerprint density at radius 2 is 1.78 bits per heavy atom. The Hall–Kier alpha value is -1.19. The van der Waals surface area contributed by atoms with E-state index in [9.17, 15) is 14.4 Å². The predicted molar refractivity (Wildman–Crippen MR) is 90.1 cm³/mol. The van der Waals surface area contributed by atoms with Gasteiger partial charge in [-0.05, 0) is 38.0 Å². The van der Waals surface area contributed by atoms with Crippen molar-refractivity contribution in [3.63, 3.8) is 0 Å². The summed E-state index contributed by atoms with van der Waals surface area (Å²) in [5.41, 5.74) is 0. The van der Waals surface area contributed by atoms with Crippen LogP contribution in [-0.2, 0) is 19.1 Å². The number of esters is 1. The van der Waals surface area contributed by atoms with Gasteiger partial charge in [-0.3, -0.25) is 14.4 Å². The van der Waals surface area contributed by atoms with Gasteiger partial charge in [0, 0.05) is 31.6 Å². The number of Topliss-reactive ketones (excluding diaryl/α,β-unsaturated/α-hetero) is 2. The highest BCUT2D eigenvalue weighted by atomic mass is 16.5. The Morgan fingerprint density at radius 3 is 2.48 bits per heavy atom. The van der Waals surface area contributed by atoms with Gasteiger partial charge in [0.1, 0.15) is 11.6 Å². The van der Waals surface area contributed by atoms with Crippen LogP contribution in [0.5, 0.6) is 0 Å². The summed E-state index contributed by atoms with van der Waals surface area (Å²) in [6.07, 6.45) is 9.97. The number of carbonyl (C=O) groups excluding carboxylic acids is 3. The standard InChI is InChI=1S/C19H32O4/c1-3-4-5-8-16(20)13-11-15-12-14-18(21)17(15)9-6-7-10-19(22)23-2/h15,17H,3-14H2,1-2H3. The van der Waals surface area contributed by atoms with E-state index in [1.165, 1.54) is 7.11 Å². The van der Waals surface area contributed by atoms with E-state index in [4.69, 9.17) is 0 Å². The zero-order valence-electron chi connectivity index (χ0n) is 14.8. The van der Waals surface area contributed by atoms with E-state index in [-0.39, 0.29) is 11.9 Å². The van der Waals surface area contributed by atoms with Gasteiger partial charge in [-0.2, -0.15) is 0 Å². The van der Waals surface area contributed by atoms with Crippen LogP contribution in [-0.4, -0.2) is 24.6 Å². The minimum Gasteiger partial charge on any atom is -0.469 e. The smallest absolute Gasteiger partial charge is 0.305 e. The second-order valence-corrected chi connectivity index (χ2v) is 6.73. The highest BCUT2D eigenvalue weighted by Gasteiger charge is 2.33. The number of hydrogen-bond acceptors (Lipinski definition) is 4. The summed E-state index contributed by atoms with van der Waals surface area (Å²) in [6.45, 7) is 2.14. The third kappa shape index (κ3) is 7.76. The fraction of sp³-hybridized carbons (Fsp3) is 0.842. The van der Waals surface area contributed by atoms with Crippen molar-refractivity contribution in [2.24, 2.45) is 11.8 Å². The molecule has 0 heterocycles. The van der Waals surface area contributed by atoms with Crippen LogP contribution in [0.2, 0.25) is 0 Å². The monoisotopic (exact) mass is 324 g/mol. The minimum absolute atomic E-state index is 0.107. The number of rotatable bonds is 12. The molecule has 0 saturated heterocycles. The summed E-state index contributed by atoms with van der Waals surface area (Å²) >= 11 is 0. The minimum atomic E-state index is -0.183. The number of carbonyl (C=O) groups is 3. The van der Waals surface area contributed by atoms with Crippen molar-refractivity contribution in [1.29, 1.82) is 0 Å². The van der Waals surface area contributed by atoms with Gasteiger partial charge in [-0.15, -0.1) is 0 Å². The molecular weight excluding hydrogens is 292 g/mol. The van der Waals surface area contributed by atoms with Gasteiger partial charge in [0.2, 0.25) is 0 Å². The van der Waals surface area contributed by atoms with Crippen LogP contribution >= 0.6 is 0 Å². The molecule has 0 aliphatic heterocycles. The van der Waals surface area contributed by atoms with E-state index in [0.717, 1.165) is 51.4 Å². The summed E-state index contributed by atoms with van der Waals surface area (Å²) in [7, 11) is 1.40. The molecule has 0 N–H and O–H groups in total. The maximum Gasteiger partial charge on any atom is 0.305 e. The van der Waals surface area contributed by atoms with Crippen LogP contribution in [0.1, 0.15) is 84.0 Å². The van der Waals surface area contributed by atoms with Gasteiger partial charge in [0.15, 0.2) is 0 Å². The summed E-state index contributed by atoms with van der Waals surface area (Å²) in [4.78, 5) is 35.0. The van der Waals surface area contributed by atoms with E-state index < -0.39 is 0 Å². The number of ketones is 2. The van der Waals surface area contributed by atoms with E-state index in [2.05, 4.69) is 11.7 Å². The molecule has 0 amide bonds. The lowest BCUT2D eigenvalue weighted by Gasteiger charge is -2.18. The largest absolute Gasteiger partial charge is 0.469 e. The maximum absolute atomic E-state index is 12.0. The number of unbranched alkanes of at least 4 members (excludes halogenated alkanes) is 3. The van der Waals surface area contributed by atoms with Crippen LogP contribution in [0, 0.1) is 11.8 Å². The molecule has 1 saturated carbocycles. The topological polar surface area (TPSA) is 60.4 Å². The first kappa shape index (κ1) is 19.9. The molecule has 0 bridgehead atoms. The molecule has 4 nitrogen and oxygen atoms in total. The third-order valence-corrected chi connectivity index (χ3v) is 4.97. The molecule has 1 aliphatic carbocycles. The summed E-state index contributed by atoms with van der Waals surface area (Å²) < 4.78 is 4.63. The second-order valence-electron chi connectivity index (χ2n) is 6.73. The Bertz CT molecular complexity index is 389. The average Bonchev–Trinajstić information content (AvgIpc) is 2.89. The van der Waals surface area contributed by atoms with Crippen LogP contribution in [0.3, 0.4) is 0 Å². The van der Waals surface area contributed by atoms with Crippen molar-refractivity contribution >= 4 is 17.5 Å². The van der Waals surface area contributed by atoms with Gasteiger partial charge in [0.25, 0.3) is 0 Å². The highest BCUT2D eigenvalue weighted by Crippen LogP contribution is 2.36. The molecule has 0 aromatic heterocycles. The van der Waals surface area contributed by atoms with Gasteiger partial charge in [0.05, 0.1) is 7.11 Å². The van der Waals surface area contributed by atoms with Crippen LogP contribution in [0.25, 0.3) is 0 Å².